The van der Waals surface area contributed by atoms with Gasteiger partial charge in [-0.05, 0) is 43.3 Å². The van der Waals surface area contributed by atoms with E-state index >= 15 is 0 Å². The Morgan fingerprint density at radius 3 is 2.62 bits per heavy atom. The SMILES string of the molecule is Cc1nc2s/c(=C\c3ccccc3OCC(=O)Nc3ccc(S(N)(=O)=O)cc3)c(=O)n2n1. The number of carbonyl (C=O) groups is 1. The average Bonchev–Trinajstić information content (AvgIpc) is 3.24. The molecule has 0 spiro atoms. The minimum atomic E-state index is -3.81. The molecule has 0 saturated carbocycles. The number of nitrogens with zero attached hydrogens (tertiary/aromatic N) is 3. The molecule has 0 saturated heterocycles. The van der Waals surface area contributed by atoms with Crippen LogP contribution < -0.4 is 25.3 Å². The first-order valence-corrected chi connectivity index (χ1v) is 11.6. The number of para-hydroxylation sites is 1. The summed E-state index contributed by atoms with van der Waals surface area (Å²) in [6.45, 7) is 1.42. The Balaban J connectivity index is 1.48. The number of carbonyl (C=O) groups excluding carboxylic acids is 1. The average molecular weight is 472 g/mol. The highest BCUT2D eigenvalue weighted by Gasteiger charge is 2.11. The number of benzene rings is 2. The van der Waals surface area contributed by atoms with Crippen molar-refractivity contribution < 1.29 is 17.9 Å². The molecule has 0 aliphatic rings. The van der Waals surface area contributed by atoms with Crippen LogP contribution in [-0.2, 0) is 14.8 Å². The van der Waals surface area contributed by atoms with Crippen LogP contribution in [0.4, 0.5) is 5.69 Å². The number of thiazole rings is 1. The van der Waals surface area contributed by atoms with Crippen LogP contribution in [0.25, 0.3) is 11.0 Å². The van der Waals surface area contributed by atoms with E-state index in [-0.39, 0.29) is 17.1 Å². The second-order valence-electron chi connectivity index (χ2n) is 6.71. The lowest BCUT2D eigenvalue weighted by atomic mass is 10.2. The molecule has 3 N–H and O–H groups in total. The van der Waals surface area contributed by atoms with Crippen LogP contribution >= 0.6 is 11.3 Å². The van der Waals surface area contributed by atoms with Gasteiger partial charge in [0, 0.05) is 11.3 Å². The van der Waals surface area contributed by atoms with Gasteiger partial charge >= 0.3 is 0 Å². The van der Waals surface area contributed by atoms with Gasteiger partial charge in [0.25, 0.3) is 11.5 Å². The first kappa shape index (κ1) is 21.6. The Kier molecular flexibility index (Phi) is 5.74. The standard InChI is InChI=1S/C20H17N5O5S2/c1-12-22-20-25(24-12)19(27)17(31-20)10-13-4-2-3-5-16(13)30-11-18(26)23-14-6-8-15(9-7-14)32(21,28)29/h2-10H,11H2,1H3,(H,23,26)(H2,21,28,29)/b17-10-. The molecule has 4 rings (SSSR count). The van der Waals surface area contributed by atoms with Crippen molar-refractivity contribution >= 4 is 44.0 Å². The van der Waals surface area contributed by atoms with Crippen molar-refractivity contribution in [3.8, 4) is 5.75 Å². The van der Waals surface area contributed by atoms with Gasteiger partial charge in [-0.25, -0.2) is 18.5 Å². The predicted octanol–water partition coefficient (Wildman–Crippen LogP) is 0.672. The normalized spacial score (nSPS) is 12.2. The largest absolute Gasteiger partial charge is 0.483 e. The van der Waals surface area contributed by atoms with Crippen LogP contribution in [0.2, 0.25) is 0 Å². The van der Waals surface area contributed by atoms with Gasteiger partial charge in [0.15, 0.2) is 6.61 Å². The van der Waals surface area contributed by atoms with E-state index in [4.69, 9.17) is 9.88 Å². The van der Waals surface area contributed by atoms with Gasteiger partial charge in [0.05, 0.1) is 9.43 Å². The van der Waals surface area contributed by atoms with Gasteiger partial charge in [-0.1, -0.05) is 29.5 Å². The van der Waals surface area contributed by atoms with Crippen LogP contribution in [0.3, 0.4) is 0 Å². The summed E-state index contributed by atoms with van der Waals surface area (Å²) < 4.78 is 29.9. The third kappa shape index (κ3) is 4.66. The third-order valence-electron chi connectivity index (χ3n) is 4.32. The molecule has 0 unspecified atom stereocenters. The molecule has 4 aromatic rings. The quantitative estimate of drug-likeness (QED) is 0.420. The van der Waals surface area contributed by atoms with Gasteiger partial charge in [-0.15, -0.1) is 5.10 Å². The molecule has 2 aromatic heterocycles. The number of aryl methyl sites for hydroxylation is 1. The summed E-state index contributed by atoms with van der Waals surface area (Å²) in [5.74, 6) is 0.498. The van der Waals surface area contributed by atoms with Crippen molar-refractivity contribution in [2.75, 3.05) is 11.9 Å². The molecule has 0 atom stereocenters. The number of fused-ring (bicyclic) bond motifs is 1. The van der Waals surface area contributed by atoms with E-state index in [9.17, 15) is 18.0 Å². The maximum Gasteiger partial charge on any atom is 0.291 e. The molecule has 164 valence electrons. The molecule has 1 amide bonds. The highest BCUT2D eigenvalue weighted by molar-refractivity contribution is 7.89. The molecule has 2 aromatic carbocycles. The third-order valence-corrected chi connectivity index (χ3v) is 6.21. The molecular formula is C20H17N5O5S2. The van der Waals surface area contributed by atoms with Gasteiger partial charge < -0.3 is 10.1 Å². The first-order chi connectivity index (χ1) is 15.2. The Labute approximate surface area is 186 Å². The maximum absolute atomic E-state index is 12.5. The lowest BCUT2D eigenvalue weighted by Crippen LogP contribution is -2.24. The summed E-state index contributed by atoms with van der Waals surface area (Å²) in [5, 5.41) is 11.7. The number of aromatic nitrogens is 3. The zero-order valence-electron chi connectivity index (χ0n) is 16.7. The van der Waals surface area contributed by atoms with Crippen molar-refractivity contribution in [1.82, 2.24) is 14.6 Å². The number of hydrogen-bond donors (Lipinski definition) is 2. The van der Waals surface area contributed by atoms with Gasteiger partial charge in [0.1, 0.15) is 11.6 Å². The maximum atomic E-state index is 12.5. The Hall–Kier alpha value is -3.61. The molecule has 0 bridgehead atoms. The van der Waals surface area contributed by atoms with Crippen LogP contribution in [0.5, 0.6) is 5.75 Å². The molecular weight excluding hydrogens is 454 g/mol. The number of hydrogen-bond acceptors (Lipinski definition) is 8. The lowest BCUT2D eigenvalue weighted by molar-refractivity contribution is -0.118. The highest BCUT2D eigenvalue weighted by Crippen LogP contribution is 2.19. The van der Waals surface area contributed by atoms with E-state index in [2.05, 4.69) is 15.4 Å². The summed E-state index contributed by atoms with van der Waals surface area (Å²) in [5.41, 5.74) is 0.740. The summed E-state index contributed by atoms with van der Waals surface area (Å²) >= 11 is 1.21. The number of rotatable bonds is 6. The molecule has 0 aliphatic carbocycles. The second-order valence-corrected chi connectivity index (χ2v) is 9.28. The van der Waals surface area contributed by atoms with E-state index in [1.807, 2.05) is 0 Å². The molecule has 10 nitrogen and oxygen atoms in total. The molecule has 0 radical (unpaired) electrons. The molecule has 32 heavy (non-hydrogen) atoms. The fourth-order valence-electron chi connectivity index (χ4n) is 2.87. The van der Waals surface area contributed by atoms with Crippen molar-refractivity contribution in [2.45, 2.75) is 11.8 Å². The number of primary sulfonamides is 1. The number of sulfonamides is 1. The fraction of sp³-hybridized carbons (Fsp3) is 0.100. The minimum absolute atomic E-state index is 0.0553. The van der Waals surface area contributed by atoms with E-state index < -0.39 is 15.9 Å². The number of anilines is 1. The van der Waals surface area contributed by atoms with Crippen LogP contribution in [0.15, 0.2) is 58.2 Å². The summed E-state index contributed by atoms with van der Waals surface area (Å²) in [7, 11) is -3.81. The van der Waals surface area contributed by atoms with Gasteiger partial charge in [-0.2, -0.15) is 4.52 Å². The highest BCUT2D eigenvalue weighted by atomic mass is 32.2. The Morgan fingerprint density at radius 1 is 1.22 bits per heavy atom. The number of ether oxygens (including phenoxy) is 1. The van der Waals surface area contributed by atoms with E-state index in [1.54, 1.807) is 37.3 Å². The Bertz CT molecular complexity index is 1520. The number of nitrogens with one attached hydrogen (secondary N) is 1. The van der Waals surface area contributed by atoms with Crippen LogP contribution in [-0.4, -0.2) is 35.5 Å². The minimum Gasteiger partial charge on any atom is -0.483 e. The zero-order valence-corrected chi connectivity index (χ0v) is 18.3. The van der Waals surface area contributed by atoms with Crippen molar-refractivity contribution in [3.63, 3.8) is 0 Å². The molecule has 0 fully saturated rings. The lowest BCUT2D eigenvalue weighted by Gasteiger charge is -2.10. The molecule has 12 heteroatoms. The van der Waals surface area contributed by atoms with Crippen molar-refractivity contribution in [3.05, 3.63) is 74.8 Å². The predicted molar refractivity (Wildman–Crippen MR) is 119 cm³/mol. The van der Waals surface area contributed by atoms with Gasteiger partial charge in [-0.3, -0.25) is 9.59 Å². The van der Waals surface area contributed by atoms with Crippen LogP contribution in [0, 0.1) is 6.92 Å². The van der Waals surface area contributed by atoms with E-state index in [0.717, 1.165) is 0 Å². The van der Waals surface area contributed by atoms with Gasteiger partial charge in [0.2, 0.25) is 15.0 Å². The summed E-state index contributed by atoms with van der Waals surface area (Å²) in [4.78, 5) is 29.4. The molecule has 0 aliphatic heterocycles. The Morgan fingerprint density at radius 2 is 1.94 bits per heavy atom. The topological polar surface area (TPSA) is 146 Å². The number of nitrogens with two attached hydrogens (primary N) is 1. The smallest absolute Gasteiger partial charge is 0.291 e. The van der Waals surface area contributed by atoms with Crippen molar-refractivity contribution in [1.29, 1.82) is 0 Å². The van der Waals surface area contributed by atoms with E-state index in [1.165, 1.54) is 40.1 Å². The summed E-state index contributed by atoms with van der Waals surface area (Å²) in [6.07, 6.45) is 1.66. The monoisotopic (exact) mass is 471 g/mol. The zero-order chi connectivity index (χ0) is 22.9. The van der Waals surface area contributed by atoms with E-state index in [0.29, 0.717) is 32.3 Å². The van der Waals surface area contributed by atoms with Crippen molar-refractivity contribution in [2.24, 2.45) is 5.14 Å². The summed E-state index contributed by atoms with van der Waals surface area (Å²) in [6, 6.07) is 12.4. The molecule has 2 heterocycles. The first-order valence-electron chi connectivity index (χ1n) is 9.23. The fourth-order valence-corrected chi connectivity index (χ4v) is 4.33. The van der Waals surface area contributed by atoms with Crippen LogP contribution in [0.1, 0.15) is 11.4 Å². The second kappa shape index (κ2) is 8.49. The number of amides is 1.